The molecule has 8 nitrogen and oxygen atoms in total. The molecule has 0 saturated heterocycles. The quantitative estimate of drug-likeness (QED) is 0.569. The highest BCUT2D eigenvalue weighted by Crippen LogP contribution is 2.29. The molecule has 0 aliphatic heterocycles. The van der Waals surface area contributed by atoms with E-state index in [4.69, 9.17) is 14.9 Å². The van der Waals surface area contributed by atoms with Gasteiger partial charge < -0.3 is 14.9 Å². The zero-order valence-electron chi connectivity index (χ0n) is 17.1. The van der Waals surface area contributed by atoms with E-state index in [1.807, 2.05) is 37.5 Å². The molecular formula is C22H25N3O5. The first-order chi connectivity index (χ1) is 14.3. The minimum absolute atomic E-state index is 0.558. The first-order valence-corrected chi connectivity index (χ1v) is 9.42. The summed E-state index contributed by atoms with van der Waals surface area (Å²) in [7, 11) is 1.90. The molecule has 8 heteroatoms. The average Bonchev–Trinajstić information content (AvgIpc) is 3.07. The summed E-state index contributed by atoms with van der Waals surface area (Å²) in [6, 6.07) is 12.1. The van der Waals surface area contributed by atoms with Gasteiger partial charge in [0.1, 0.15) is 5.75 Å². The van der Waals surface area contributed by atoms with Crippen molar-refractivity contribution in [3.63, 3.8) is 0 Å². The number of aromatic nitrogens is 3. The van der Waals surface area contributed by atoms with E-state index < -0.39 is 11.9 Å². The van der Waals surface area contributed by atoms with Gasteiger partial charge in [-0.3, -0.25) is 4.68 Å². The van der Waals surface area contributed by atoms with Crippen molar-refractivity contribution in [1.29, 1.82) is 0 Å². The summed E-state index contributed by atoms with van der Waals surface area (Å²) in [4.78, 5) is 23.8. The Morgan fingerprint density at radius 2 is 1.77 bits per heavy atom. The number of hydrogen-bond acceptors (Lipinski definition) is 5. The number of aryl methyl sites for hydroxylation is 1. The topological polar surface area (TPSA) is 115 Å². The molecule has 0 radical (unpaired) electrons. The Morgan fingerprint density at radius 3 is 2.33 bits per heavy atom. The van der Waals surface area contributed by atoms with E-state index in [9.17, 15) is 9.59 Å². The molecule has 2 heterocycles. The Kier molecular flexibility index (Phi) is 8.10. The van der Waals surface area contributed by atoms with Crippen molar-refractivity contribution in [2.45, 2.75) is 20.3 Å². The Hall–Kier alpha value is -3.68. The van der Waals surface area contributed by atoms with Crippen LogP contribution in [0.15, 0.2) is 54.7 Å². The number of hydrogen-bond donors (Lipinski definition) is 2. The highest BCUT2D eigenvalue weighted by atomic mass is 16.5. The van der Waals surface area contributed by atoms with E-state index in [2.05, 4.69) is 36.1 Å². The van der Waals surface area contributed by atoms with Gasteiger partial charge in [-0.15, -0.1) is 0 Å². The maximum absolute atomic E-state index is 9.55. The van der Waals surface area contributed by atoms with Crippen LogP contribution in [0.5, 0.6) is 5.75 Å². The lowest BCUT2D eigenvalue weighted by atomic mass is 10.1. The molecule has 2 aromatic heterocycles. The van der Waals surface area contributed by atoms with Gasteiger partial charge in [-0.2, -0.15) is 5.10 Å². The summed E-state index contributed by atoms with van der Waals surface area (Å²) in [5, 5.41) is 21.0. The van der Waals surface area contributed by atoms with Gasteiger partial charge >= 0.3 is 11.9 Å². The molecule has 0 saturated carbocycles. The van der Waals surface area contributed by atoms with Gasteiger partial charge in [0, 0.05) is 37.0 Å². The van der Waals surface area contributed by atoms with E-state index in [1.54, 1.807) is 4.68 Å². The van der Waals surface area contributed by atoms with Gasteiger partial charge in [-0.05, 0) is 12.3 Å². The summed E-state index contributed by atoms with van der Waals surface area (Å²) >= 11 is 0. The van der Waals surface area contributed by atoms with Crippen LogP contribution in [0.2, 0.25) is 0 Å². The maximum atomic E-state index is 9.55. The van der Waals surface area contributed by atoms with Crippen LogP contribution in [0.25, 0.3) is 22.3 Å². The van der Waals surface area contributed by atoms with Gasteiger partial charge in [0.2, 0.25) is 0 Å². The van der Waals surface area contributed by atoms with Gasteiger partial charge in [0.05, 0.1) is 17.7 Å². The SMILES string of the molecule is CC(C)CCOc1cc(-c2ccccc2)nc2nn(C)cc12.O=C(O)C=CC(=O)O. The third-order valence-electron chi connectivity index (χ3n) is 3.96. The fraction of sp³-hybridized carbons (Fsp3) is 0.273. The number of benzene rings is 1. The molecule has 0 amide bonds. The minimum atomic E-state index is -1.26. The molecule has 158 valence electrons. The second-order valence-corrected chi connectivity index (χ2v) is 6.95. The smallest absolute Gasteiger partial charge is 0.328 e. The summed E-state index contributed by atoms with van der Waals surface area (Å²) in [5.74, 6) is -1.03. The van der Waals surface area contributed by atoms with Crippen LogP contribution in [0, 0.1) is 5.92 Å². The molecular weight excluding hydrogens is 386 g/mol. The molecule has 0 bridgehead atoms. The monoisotopic (exact) mass is 411 g/mol. The Labute approximate surface area is 174 Å². The van der Waals surface area contributed by atoms with Gasteiger partial charge in [0.25, 0.3) is 0 Å². The Bertz CT molecular complexity index is 1010. The minimum Gasteiger partial charge on any atom is -0.493 e. The van der Waals surface area contributed by atoms with Crippen LogP contribution < -0.4 is 4.74 Å². The number of pyridine rings is 1. The third kappa shape index (κ3) is 7.05. The van der Waals surface area contributed by atoms with E-state index in [-0.39, 0.29) is 0 Å². The molecule has 1 aromatic carbocycles. The molecule has 0 aliphatic rings. The van der Waals surface area contributed by atoms with Crippen molar-refractivity contribution in [2.75, 3.05) is 6.61 Å². The van der Waals surface area contributed by atoms with Crippen LogP contribution in [-0.2, 0) is 16.6 Å². The third-order valence-corrected chi connectivity index (χ3v) is 3.96. The van der Waals surface area contributed by atoms with E-state index in [1.165, 1.54) is 0 Å². The largest absolute Gasteiger partial charge is 0.493 e. The van der Waals surface area contributed by atoms with Gasteiger partial charge in [0.15, 0.2) is 5.65 Å². The lowest BCUT2D eigenvalue weighted by Gasteiger charge is -2.10. The maximum Gasteiger partial charge on any atom is 0.328 e. The molecule has 2 N–H and O–H groups in total. The number of rotatable bonds is 7. The van der Waals surface area contributed by atoms with Crippen LogP contribution in [0.1, 0.15) is 20.3 Å². The standard InChI is InChI=1S/C18H21N3O.C4H4O4/c1-13(2)9-10-22-17-11-16(14-7-5-4-6-8-14)19-18-15(17)12-21(3)20-18;5-3(6)1-2-4(7)8/h4-8,11-13H,9-10H2,1-3H3;1-2H,(H,5,6)(H,7,8). The van der Waals surface area contributed by atoms with Crippen LogP contribution in [0.3, 0.4) is 0 Å². The lowest BCUT2D eigenvalue weighted by Crippen LogP contribution is -2.02. The fourth-order valence-corrected chi connectivity index (χ4v) is 2.50. The first-order valence-electron chi connectivity index (χ1n) is 9.42. The van der Waals surface area contributed by atoms with Crippen molar-refractivity contribution in [1.82, 2.24) is 14.8 Å². The average molecular weight is 411 g/mol. The normalized spacial score (nSPS) is 10.8. The molecule has 3 aromatic rings. The summed E-state index contributed by atoms with van der Waals surface area (Å²) in [6.07, 6.45) is 4.11. The predicted octanol–water partition coefficient (Wildman–Crippen LogP) is 3.77. The number of nitrogens with zero attached hydrogens (tertiary/aromatic N) is 3. The van der Waals surface area contributed by atoms with E-state index in [0.29, 0.717) is 24.7 Å². The first kappa shape index (κ1) is 22.6. The molecule has 0 unspecified atom stereocenters. The second-order valence-electron chi connectivity index (χ2n) is 6.95. The Balaban J connectivity index is 0.000000343. The highest BCUT2D eigenvalue weighted by Gasteiger charge is 2.12. The molecule has 0 fully saturated rings. The zero-order valence-corrected chi connectivity index (χ0v) is 17.1. The van der Waals surface area contributed by atoms with Crippen molar-refractivity contribution < 1.29 is 24.5 Å². The van der Waals surface area contributed by atoms with Crippen molar-refractivity contribution >= 4 is 23.0 Å². The van der Waals surface area contributed by atoms with Crippen LogP contribution >= 0.6 is 0 Å². The number of carbonyl (C=O) groups is 2. The number of aliphatic carboxylic acids is 2. The van der Waals surface area contributed by atoms with Crippen molar-refractivity contribution in [2.24, 2.45) is 13.0 Å². The highest BCUT2D eigenvalue weighted by molar-refractivity contribution is 5.89. The molecule has 0 spiro atoms. The summed E-state index contributed by atoms with van der Waals surface area (Å²) < 4.78 is 7.79. The number of ether oxygens (including phenoxy) is 1. The van der Waals surface area contributed by atoms with E-state index in [0.717, 1.165) is 34.5 Å². The Morgan fingerprint density at radius 1 is 1.13 bits per heavy atom. The molecule has 3 rings (SSSR count). The van der Waals surface area contributed by atoms with Crippen LogP contribution in [-0.4, -0.2) is 43.5 Å². The summed E-state index contributed by atoms with van der Waals surface area (Å²) in [6.45, 7) is 5.11. The number of carboxylic acids is 2. The van der Waals surface area contributed by atoms with Crippen molar-refractivity contribution in [3.8, 4) is 17.0 Å². The predicted molar refractivity (Wildman–Crippen MR) is 113 cm³/mol. The van der Waals surface area contributed by atoms with Crippen molar-refractivity contribution in [3.05, 3.63) is 54.7 Å². The number of carboxylic acid groups (broad SMARTS) is 2. The lowest BCUT2D eigenvalue weighted by molar-refractivity contribution is -0.134. The second kappa shape index (κ2) is 10.8. The van der Waals surface area contributed by atoms with Crippen LogP contribution in [0.4, 0.5) is 0 Å². The molecule has 0 aliphatic carbocycles. The van der Waals surface area contributed by atoms with Gasteiger partial charge in [-0.25, -0.2) is 14.6 Å². The van der Waals surface area contributed by atoms with Gasteiger partial charge in [-0.1, -0.05) is 44.2 Å². The molecule has 30 heavy (non-hydrogen) atoms. The molecule has 0 atom stereocenters. The summed E-state index contributed by atoms with van der Waals surface area (Å²) in [5.41, 5.74) is 2.69. The number of fused-ring (bicyclic) bond motifs is 1. The zero-order chi connectivity index (χ0) is 22.1. The van der Waals surface area contributed by atoms with E-state index >= 15 is 0 Å². The fourth-order valence-electron chi connectivity index (χ4n) is 2.50.